The van der Waals surface area contributed by atoms with Crippen molar-refractivity contribution in [3.63, 3.8) is 0 Å². The zero-order valence-corrected chi connectivity index (χ0v) is 20.2. The number of carbonyl (C=O) groups excluding carboxylic acids is 3. The summed E-state index contributed by atoms with van der Waals surface area (Å²) in [5, 5.41) is 17.3. The largest absolute Gasteiger partial charge is 0.444 e. The van der Waals surface area contributed by atoms with Gasteiger partial charge in [0.25, 0.3) is 5.91 Å². The van der Waals surface area contributed by atoms with Crippen LogP contribution >= 0.6 is 11.3 Å². The molecule has 0 spiro atoms. The minimum atomic E-state index is -0.668. The molecule has 3 amide bonds. The number of nitrogens with one attached hydrogen (secondary N) is 2. The second-order valence-electron chi connectivity index (χ2n) is 8.61. The maximum absolute atomic E-state index is 13.0. The highest BCUT2D eigenvalue weighted by Crippen LogP contribution is 2.32. The lowest BCUT2D eigenvalue weighted by Gasteiger charge is -2.21. The monoisotopic (exact) mass is 481 g/mol. The van der Waals surface area contributed by atoms with Crippen molar-refractivity contribution in [2.45, 2.75) is 32.8 Å². The number of ether oxygens (including phenoxy) is 1. The highest BCUT2D eigenvalue weighted by atomic mass is 32.1. The van der Waals surface area contributed by atoms with E-state index in [4.69, 9.17) is 4.74 Å². The van der Waals surface area contributed by atoms with Gasteiger partial charge in [-0.05, 0) is 67.6 Å². The lowest BCUT2D eigenvalue weighted by Crippen LogP contribution is -2.27. The second-order valence-corrected chi connectivity index (χ2v) is 9.56. The molecule has 0 radical (unpaired) electrons. The first-order valence-electron chi connectivity index (χ1n) is 10.6. The van der Waals surface area contributed by atoms with E-state index in [9.17, 15) is 19.6 Å². The number of anilines is 2. The molecule has 0 bridgehead atoms. The Labute approximate surface area is 202 Å². The third-order valence-electron chi connectivity index (χ3n) is 4.64. The van der Waals surface area contributed by atoms with Crippen LogP contribution < -0.4 is 10.6 Å². The van der Waals surface area contributed by atoms with Crippen LogP contribution in [0.25, 0.3) is 10.4 Å². The summed E-state index contributed by atoms with van der Waals surface area (Å²) in [6.07, 6.45) is -0.614. The van der Waals surface area contributed by atoms with E-state index in [-0.39, 0.29) is 12.3 Å². The Bertz CT molecular complexity index is 1170. The molecule has 0 saturated carbocycles. The van der Waals surface area contributed by atoms with Gasteiger partial charge in [0.15, 0.2) is 0 Å². The van der Waals surface area contributed by atoms with Gasteiger partial charge in [-0.25, -0.2) is 9.86 Å². The molecule has 178 valence electrons. The first-order chi connectivity index (χ1) is 16.0. The summed E-state index contributed by atoms with van der Waals surface area (Å²) in [5.74, 6) is -0.840. The summed E-state index contributed by atoms with van der Waals surface area (Å²) >= 11 is 1.56. The molecule has 0 aliphatic rings. The molecule has 3 N–H and O–H groups in total. The molecule has 1 aromatic heterocycles. The van der Waals surface area contributed by atoms with E-state index in [0.29, 0.717) is 27.6 Å². The van der Waals surface area contributed by atoms with Crippen molar-refractivity contribution in [1.82, 2.24) is 5.06 Å². The third kappa shape index (κ3) is 6.90. The SMILES string of the molecule is CN(O)C(=O)Cc1ccc(C(=O)Nc2cc(-c3cccs3)ccc2NC(=O)OC(C)(C)C)cc1. The van der Waals surface area contributed by atoms with E-state index in [1.165, 1.54) is 7.05 Å². The van der Waals surface area contributed by atoms with Crippen LogP contribution in [0.4, 0.5) is 16.2 Å². The van der Waals surface area contributed by atoms with E-state index < -0.39 is 17.6 Å². The van der Waals surface area contributed by atoms with Gasteiger partial charge in [0.05, 0.1) is 17.8 Å². The number of likely N-dealkylation sites (N-methyl/N-ethyl adjacent to an activating group) is 1. The highest BCUT2D eigenvalue weighted by molar-refractivity contribution is 7.13. The van der Waals surface area contributed by atoms with Gasteiger partial charge in [-0.3, -0.25) is 20.1 Å². The summed E-state index contributed by atoms with van der Waals surface area (Å²) in [7, 11) is 1.26. The van der Waals surface area contributed by atoms with Crippen LogP contribution in [0.15, 0.2) is 60.0 Å². The number of nitrogens with zero attached hydrogens (tertiary/aromatic N) is 1. The highest BCUT2D eigenvalue weighted by Gasteiger charge is 2.19. The summed E-state index contributed by atoms with van der Waals surface area (Å²) in [6, 6.07) is 15.8. The van der Waals surface area contributed by atoms with E-state index in [1.807, 2.05) is 23.6 Å². The average Bonchev–Trinajstić information content (AvgIpc) is 3.29. The molecule has 0 aliphatic heterocycles. The summed E-state index contributed by atoms with van der Waals surface area (Å²) in [5.41, 5.74) is 2.08. The molecule has 2 aromatic carbocycles. The first kappa shape index (κ1) is 24.9. The Morgan fingerprint density at radius 3 is 2.29 bits per heavy atom. The summed E-state index contributed by atoms with van der Waals surface area (Å²) in [6.45, 7) is 5.31. The number of hydrogen-bond acceptors (Lipinski definition) is 6. The fraction of sp³-hybridized carbons (Fsp3) is 0.240. The zero-order chi connectivity index (χ0) is 24.9. The predicted octanol–water partition coefficient (Wildman–Crippen LogP) is 5.40. The molecule has 9 heteroatoms. The maximum atomic E-state index is 13.0. The molecule has 0 atom stereocenters. The molecule has 0 fully saturated rings. The van der Waals surface area contributed by atoms with Crippen molar-refractivity contribution in [3.05, 3.63) is 71.1 Å². The van der Waals surface area contributed by atoms with Gasteiger partial charge < -0.3 is 10.1 Å². The molecule has 3 aromatic rings. The Morgan fingerprint density at radius 2 is 1.71 bits per heavy atom. The van der Waals surface area contributed by atoms with Crippen molar-refractivity contribution in [2.24, 2.45) is 0 Å². The zero-order valence-electron chi connectivity index (χ0n) is 19.4. The molecule has 34 heavy (non-hydrogen) atoms. The number of rotatable bonds is 6. The molecule has 0 saturated heterocycles. The lowest BCUT2D eigenvalue weighted by atomic mass is 10.1. The van der Waals surface area contributed by atoms with Crippen LogP contribution in [0.3, 0.4) is 0 Å². The van der Waals surface area contributed by atoms with E-state index in [2.05, 4.69) is 10.6 Å². The van der Waals surface area contributed by atoms with E-state index >= 15 is 0 Å². The summed E-state index contributed by atoms with van der Waals surface area (Å²) < 4.78 is 5.34. The molecular formula is C25H27N3O5S. The Morgan fingerprint density at radius 1 is 1.00 bits per heavy atom. The minimum Gasteiger partial charge on any atom is -0.444 e. The topological polar surface area (TPSA) is 108 Å². The van der Waals surface area contributed by atoms with Gasteiger partial charge in [0.2, 0.25) is 5.91 Å². The van der Waals surface area contributed by atoms with Gasteiger partial charge in [0, 0.05) is 17.5 Å². The normalized spacial score (nSPS) is 11.0. The maximum Gasteiger partial charge on any atom is 0.412 e. The van der Waals surface area contributed by atoms with Crippen molar-refractivity contribution in [2.75, 3.05) is 17.7 Å². The van der Waals surface area contributed by atoms with Gasteiger partial charge in [-0.1, -0.05) is 24.3 Å². The van der Waals surface area contributed by atoms with Crippen LogP contribution in [-0.4, -0.2) is 40.8 Å². The van der Waals surface area contributed by atoms with Crippen molar-refractivity contribution in [1.29, 1.82) is 0 Å². The Hall–Kier alpha value is -3.69. The standard InChI is InChI=1S/C25H27N3O5S/c1-25(2,3)33-24(31)27-19-12-11-18(21-6-5-13-34-21)15-20(19)26-23(30)17-9-7-16(8-10-17)14-22(29)28(4)32/h5-13,15,32H,14H2,1-4H3,(H,26,30)(H,27,31). The number of thiophene rings is 1. The van der Waals surface area contributed by atoms with Gasteiger partial charge in [0.1, 0.15) is 5.60 Å². The van der Waals surface area contributed by atoms with Crippen LogP contribution in [0.1, 0.15) is 36.7 Å². The summed E-state index contributed by atoms with van der Waals surface area (Å²) in [4.78, 5) is 38.0. The molecule has 0 aliphatic carbocycles. The van der Waals surface area contributed by atoms with Crippen LogP contribution in [0.5, 0.6) is 0 Å². The molecule has 0 unspecified atom stereocenters. The molecule has 3 rings (SSSR count). The predicted molar refractivity (Wildman–Crippen MR) is 132 cm³/mol. The average molecular weight is 482 g/mol. The van der Waals surface area contributed by atoms with Gasteiger partial charge in [-0.15, -0.1) is 11.3 Å². The first-order valence-corrected chi connectivity index (χ1v) is 11.4. The smallest absolute Gasteiger partial charge is 0.412 e. The quantitative estimate of drug-likeness (QED) is 0.323. The molecule has 1 heterocycles. The van der Waals surface area contributed by atoms with Crippen LogP contribution in [-0.2, 0) is 16.0 Å². The molecular weight excluding hydrogens is 454 g/mol. The number of hydrogen-bond donors (Lipinski definition) is 3. The van der Waals surface area contributed by atoms with Crippen molar-refractivity contribution < 1.29 is 24.3 Å². The number of hydroxylamine groups is 2. The van der Waals surface area contributed by atoms with Gasteiger partial charge >= 0.3 is 6.09 Å². The fourth-order valence-corrected chi connectivity index (χ4v) is 3.75. The van der Waals surface area contributed by atoms with Gasteiger partial charge in [-0.2, -0.15) is 0 Å². The Balaban J connectivity index is 1.83. The van der Waals surface area contributed by atoms with Crippen LogP contribution in [0, 0.1) is 0 Å². The number of carbonyl (C=O) groups is 3. The number of benzene rings is 2. The fourth-order valence-electron chi connectivity index (χ4n) is 3.02. The van der Waals surface area contributed by atoms with Crippen LogP contribution in [0.2, 0.25) is 0 Å². The second kappa shape index (κ2) is 10.5. The van der Waals surface area contributed by atoms with Crippen molar-refractivity contribution >= 4 is 40.6 Å². The molecule has 8 nitrogen and oxygen atoms in total. The van der Waals surface area contributed by atoms with E-state index in [1.54, 1.807) is 68.5 Å². The third-order valence-corrected chi connectivity index (χ3v) is 5.56. The number of amides is 3. The van der Waals surface area contributed by atoms with E-state index in [0.717, 1.165) is 10.4 Å². The van der Waals surface area contributed by atoms with Crippen molar-refractivity contribution in [3.8, 4) is 10.4 Å². The lowest BCUT2D eigenvalue weighted by molar-refractivity contribution is -0.158. The Kier molecular flexibility index (Phi) is 7.70. The minimum absolute atomic E-state index is 0.0156.